The van der Waals surface area contributed by atoms with Crippen LogP contribution in [-0.2, 0) is 18.2 Å². The highest BCUT2D eigenvalue weighted by Crippen LogP contribution is 2.52. The van der Waals surface area contributed by atoms with E-state index in [0.717, 1.165) is 28.2 Å². The minimum Gasteiger partial charge on any atom is -0.439 e. The number of carbonyl (C=O) groups is 1. The number of aryl methyl sites for hydroxylation is 1. The van der Waals surface area contributed by atoms with Gasteiger partial charge in [0.1, 0.15) is 0 Å². The van der Waals surface area contributed by atoms with Crippen molar-refractivity contribution in [3.05, 3.63) is 41.7 Å². The van der Waals surface area contributed by atoms with Crippen LogP contribution in [0.3, 0.4) is 0 Å². The van der Waals surface area contributed by atoms with E-state index in [0.29, 0.717) is 19.5 Å². The largest absolute Gasteiger partial charge is 0.439 e. The van der Waals surface area contributed by atoms with Gasteiger partial charge in [0.25, 0.3) is 0 Å². The Bertz CT molecular complexity index is 1090. The summed E-state index contributed by atoms with van der Waals surface area (Å²) < 4.78 is 59.3. The van der Waals surface area contributed by atoms with Gasteiger partial charge in [-0.2, -0.15) is 17.6 Å². The molecule has 11 heteroatoms. The van der Waals surface area contributed by atoms with Gasteiger partial charge in [-0.15, -0.1) is 0 Å². The smallest absolute Gasteiger partial charge is 0.410 e. The first kappa shape index (κ1) is 20.8. The van der Waals surface area contributed by atoms with Crippen LogP contribution in [0, 0.1) is 0 Å². The zero-order valence-corrected chi connectivity index (χ0v) is 17.3. The number of rotatable bonds is 3. The number of piperazine rings is 1. The van der Waals surface area contributed by atoms with Crippen LogP contribution in [0.25, 0.3) is 11.6 Å². The molecule has 2 aromatic rings. The Kier molecular flexibility index (Phi) is 4.68. The van der Waals surface area contributed by atoms with Crippen molar-refractivity contribution in [2.24, 2.45) is 7.05 Å². The van der Waals surface area contributed by atoms with E-state index in [2.05, 4.69) is 25.7 Å². The lowest BCUT2D eigenvalue weighted by molar-refractivity contribution is -0.330. The molecular weight excluding hydrogens is 430 g/mol. The van der Waals surface area contributed by atoms with Gasteiger partial charge in [-0.05, 0) is 17.7 Å². The summed E-state index contributed by atoms with van der Waals surface area (Å²) in [4.78, 5) is 24.5. The molecule has 3 heterocycles. The predicted molar refractivity (Wildman–Crippen MR) is 108 cm³/mol. The van der Waals surface area contributed by atoms with Crippen LogP contribution in [0.5, 0.6) is 0 Å². The summed E-state index contributed by atoms with van der Waals surface area (Å²) in [7, 11) is 1.91. The number of halogens is 4. The fraction of sp³-hybridized carbons (Fsp3) is 0.476. The average molecular weight is 451 g/mol. The molecule has 0 unspecified atom stereocenters. The lowest BCUT2D eigenvalue weighted by Crippen LogP contribution is -2.64. The highest BCUT2D eigenvalue weighted by molar-refractivity contribution is 5.91. The summed E-state index contributed by atoms with van der Waals surface area (Å²) in [5.41, 5.74) is 4.88. The number of alkyl halides is 4. The van der Waals surface area contributed by atoms with Gasteiger partial charge in [0, 0.05) is 63.3 Å². The number of aromatic nitrogens is 3. The minimum atomic E-state index is -4.32. The predicted octanol–water partition coefficient (Wildman–Crippen LogP) is 3.21. The first-order valence-corrected chi connectivity index (χ1v) is 10.3. The number of amides is 1. The molecule has 0 spiro atoms. The highest BCUT2D eigenvalue weighted by atomic mass is 19.3. The Morgan fingerprint density at radius 3 is 2.53 bits per heavy atom. The lowest BCUT2D eigenvalue weighted by atomic mass is 9.85. The maximum absolute atomic E-state index is 13.4. The van der Waals surface area contributed by atoms with E-state index in [-0.39, 0.29) is 13.1 Å². The van der Waals surface area contributed by atoms with Gasteiger partial charge in [0.05, 0.1) is 24.1 Å². The van der Waals surface area contributed by atoms with E-state index >= 15 is 0 Å². The maximum atomic E-state index is 13.4. The molecule has 5 rings (SSSR count). The summed E-state index contributed by atoms with van der Waals surface area (Å²) in [6.45, 7) is 1.38. The van der Waals surface area contributed by atoms with Crippen molar-refractivity contribution < 1.29 is 27.1 Å². The molecule has 170 valence electrons. The summed E-state index contributed by atoms with van der Waals surface area (Å²) in [6, 6.07) is 1.90. The normalized spacial score (nSPS) is 23.4. The Labute approximate surface area is 181 Å². The van der Waals surface area contributed by atoms with Crippen molar-refractivity contribution in [2.75, 3.05) is 31.1 Å². The van der Waals surface area contributed by atoms with E-state index in [9.17, 15) is 22.4 Å². The molecule has 3 aliphatic rings. The summed E-state index contributed by atoms with van der Waals surface area (Å²) in [5.74, 6) is -8.44. The zero-order chi connectivity index (χ0) is 22.7. The summed E-state index contributed by atoms with van der Waals surface area (Å²) in [6.07, 6.45) is 3.95. The second-order valence-electron chi connectivity index (χ2n) is 8.34. The second kappa shape index (κ2) is 7.21. The molecule has 1 amide bonds. The van der Waals surface area contributed by atoms with Gasteiger partial charge < -0.3 is 19.1 Å². The maximum Gasteiger partial charge on any atom is 0.410 e. The molecule has 32 heavy (non-hydrogen) atoms. The Morgan fingerprint density at radius 1 is 1.16 bits per heavy atom. The third-order valence-electron chi connectivity index (χ3n) is 6.22. The molecular formula is C21H21F4N5O2. The number of imidazole rings is 1. The molecule has 2 aromatic heterocycles. The molecule has 1 saturated heterocycles. The third kappa shape index (κ3) is 3.30. The van der Waals surface area contributed by atoms with Gasteiger partial charge >= 0.3 is 17.9 Å². The SMILES string of the molecule is Cn1cnc(C2=Cc3c(N4CCN(C(=O)O[C@H]5CC(F)(F)C5(F)F)CC4)ccnc3C2)c1. The molecule has 0 bridgehead atoms. The molecule has 0 aromatic carbocycles. The molecule has 7 nitrogen and oxygen atoms in total. The number of carbonyl (C=O) groups excluding carboxylic acids is 1. The van der Waals surface area contributed by atoms with Crippen LogP contribution in [0.4, 0.5) is 28.0 Å². The van der Waals surface area contributed by atoms with E-state index in [1.807, 2.05) is 23.9 Å². The van der Waals surface area contributed by atoms with Crippen LogP contribution in [0.15, 0.2) is 24.8 Å². The monoisotopic (exact) mass is 451 g/mol. The van der Waals surface area contributed by atoms with Crippen molar-refractivity contribution in [3.63, 3.8) is 0 Å². The summed E-state index contributed by atoms with van der Waals surface area (Å²) in [5, 5.41) is 0. The van der Waals surface area contributed by atoms with Crippen LogP contribution >= 0.6 is 0 Å². The first-order chi connectivity index (χ1) is 15.2. The van der Waals surface area contributed by atoms with E-state index in [1.165, 1.54) is 4.90 Å². The molecule has 0 radical (unpaired) electrons. The number of nitrogens with zero attached hydrogens (tertiary/aromatic N) is 5. The number of ether oxygens (including phenoxy) is 1. The molecule has 2 aliphatic carbocycles. The number of fused-ring (bicyclic) bond motifs is 1. The average Bonchev–Trinajstić information content (AvgIpc) is 3.39. The van der Waals surface area contributed by atoms with E-state index in [4.69, 9.17) is 0 Å². The minimum absolute atomic E-state index is 0.238. The Hall–Kier alpha value is -3.11. The van der Waals surface area contributed by atoms with E-state index < -0.39 is 30.5 Å². The van der Waals surface area contributed by atoms with Gasteiger partial charge in [0.2, 0.25) is 0 Å². The Morgan fingerprint density at radius 2 is 1.91 bits per heavy atom. The fourth-order valence-electron chi connectivity index (χ4n) is 4.27. The lowest BCUT2D eigenvalue weighted by Gasteiger charge is -2.43. The molecule has 1 aliphatic heterocycles. The fourth-order valence-corrected chi connectivity index (χ4v) is 4.27. The molecule has 1 saturated carbocycles. The van der Waals surface area contributed by atoms with Crippen LogP contribution in [0.2, 0.25) is 0 Å². The second-order valence-corrected chi connectivity index (χ2v) is 8.34. The number of allylic oxidation sites excluding steroid dienone is 1. The number of hydrogen-bond acceptors (Lipinski definition) is 5. The van der Waals surface area contributed by atoms with E-state index in [1.54, 1.807) is 12.5 Å². The van der Waals surface area contributed by atoms with Crippen LogP contribution in [-0.4, -0.2) is 69.7 Å². The van der Waals surface area contributed by atoms with Crippen molar-refractivity contribution in [2.45, 2.75) is 30.8 Å². The number of anilines is 1. The van der Waals surface area contributed by atoms with Gasteiger partial charge in [0.15, 0.2) is 6.10 Å². The van der Waals surface area contributed by atoms with Gasteiger partial charge in [-0.1, -0.05) is 0 Å². The summed E-state index contributed by atoms with van der Waals surface area (Å²) >= 11 is 0. The van der Waals surface area contributed by atoms with Crippen molar-refractivity contribution in [1.29, 1.82) is 0 Å². The molecule has 2 fully saturated rings. The van der Waals surface area contributed by atoms with Gasteiger partial charge in [-0.25, -0.2) is 9.78 Å². The number of pyridine rings is 1. The van der Waals surface area contributed by atoms with Crippen LogP contribution in [0.1, 0.15) is 23.4 Å². The molecule has 1 atom stereocenters. The number of hydrogen-bond donors (Lipinski definition) is 0. The van der Waals surface area contributed by atoms with Crippen molar-refractivity contribution >= 4 is 23.4 Å². The van der Waals surface area contributed by atoms with Crippen molar-refractivity contribution in [1.82, 2.24) is 19.4 Å². The van der Waals surface area contributed by atoms with Crippen LogP contribution < -0.4 is 4.90 Å². The topological polar surface area (TPSA) is 63.5 Å². The first-order valence-electron chi connectivity index (χ1n) is 10.3. The third-order valence-corrected chi connectivity index (χ3v) is 6.22. The quantitative estimate of drug-likeness (QED) is 0.671. The standard InChI is InChI=1S/C21H21F4N5O2/c1-28-11-16(27-12-28)13-8-14-15(9-13)26-3-2-17(14)29-4-6-30(7-5-29)19(31)32-18-10-20(22,23)21(18,24)25/h2-3,8,11-12,18H,4-7,9-10H2,1H3/t18-/m0/s1. The Balaban J connectivity index is 1.24. The molecule has 0 N–H and O–H groups in total. The van der Waals surface area contributed by atoms with Crippen molar-refractivity contribution in [3.8, 4) is 0 Å². The zero-order valence-electron chi connectivity index (χ0n) is 17.3. The van der Waals surface area contributed by atoms with Gasteiger partial charge in [-0.3, -0.25) is 4.98 Å². The highest BCUT2D eigenvalue weighted by Gasteiger charge is 2.74.